The van der Waals surface area contributed by atoms with Crippen molar-refractivity contribution >= 4 is 51.1 Å². The Labute approximate surface area is 225 Å². The van der Waals surface area contributed by atoms with Gasteiger partial charge in [0, 0.05) is 36.2 Å². The van der Waals surface area contributed by atoms with E-state index in [0.29, 0.717) is 43.9 Å². The zero-order valence-corrected chi connectivity index (χ0v) is 21.5. The molecule has 11 heteroatoms. The minimum absolute atomic E-state index is 0.0987. The Morgan fingerprint density at radius 1 is 0.821 bits per heavy atom. The number of carbonyl (C=O) groups is 2. The van der Waals surface area contributed by atoms with Crippen LogP contribution in [-0.4, -0.2) is 47.9 Å². The van der Waals surface area contributed by atoms with Crippen molar-refractivity contribution in [3.63, 3.8) is 0 Å². The maximum Gasteiger partial charge on any atom is 0.267 e. The van der Waals surface area contributed by atoms with Crippen LogP contribution in [0.25, 0.3) is 21.7 Å². The largest absolute Gasteiger partial charge is 0.370 e. The maximum absolute atomic E-state index is 13.3. The highest BCUT2D eigenvalue weighted by Gasteiger charge is 2.16. The first-order chi connectivity index (χ1) is 18.8. The number of nitrogens with zero attached hydrogens (tertiary/aromatic N) is 1. The molecule has 4 aromatic rings. The first-order valence-corrected chi connectivity index (χ1v) is 12.7. The number of rotatable bonds is 11. The van der Waals surface area contributed by atoms with Gasteiger partial charge in [-0.2, -0.15) is 0 Å². The fourth-order valence-corrected chi connectivity index (χ4v) is 4.53. The lowest BCUT2D eigenvalue weighted by molar-refractivity contribution is -0.115. The van der Waals surface area contributed by atoms with Crippen LogP contribution in [-0.2, 0) is 17.8 Å². The Kier molecular flexibility index (Phi) is 8.62. The summed E-state index contributed by atoms with van der Waals surface area (Å²) in [6.07, 6.45) is 1.34. The van der Waals surface area contributed by atoms with E-state index in [-0.39, 0.29) is 30.3 Å². The second-order valence-electron chi connectivity index (χ2n) is 9.11. The summed E-state index contributed by atoms with van der Waals surface area (Å²) in [6, 6.07) is 21.6. The third-order valence-corrected chi connectivity index (χ3v) is 6.29. The van der Waals surface area contributed by atoms with Gasteiger partial charge >= 0.3 is 0 Å². The van der Waals surface area contributed by atoms with E-state index >= 15 is 0 Å². The highest BCUT2D eigenvalue weighted by molar-refractivity contribution is 6.01. The standard InChI is InChI=1S/C28H33N9O2/c29-27(30)34-12-4-14-37-23-10-9-21(36-25(38)17-35-28(31)32)15-20(23)16-24(37)26(39)33-13-11-19-7-3-6-18-5-1-2-8-22(18)19/h1-3,5-10,15-16H,4,11-14,17H2,(H,33,39)(H,36,38)(H4,29,30,34)(H4,31,32,35). The smallest absolute Gasteiger partial charge is 0.267 e. The van der Waals surface area contributed by atoms with E-state index in [2.05, 4.69) is 45.5 Å². The Bertz CT molecular complexity index is 1520. The first kappa shape index (κ1) is 27.0. The number of fused-ring (bicyclic) bond motifs is 2. The summed E-state index contributed by atoms with van der Waals surface area (Å²) in [4.78, 5) is 25.5. The fraction of sp³-hybridized carbons (Fsp3) is 0.214. The predicted molar refractivity (Wildman–Crippen MR) is 155 cm³/mol. The lowest BCUT2D eigenvalue weighted by Crippen LogP contribution is -2.36. The molecule has 0 bridgehead atoms. The summed E-state index contributed by atoms with van der Waals surface area (Å²) in [7, 11) is 0. The highest BCUT2D eigenvalue weighted by atomic mass is 16.2. The summed E-state index contributed by atoms with van der Waals surface area (Å²) < 4.78 is 1.94. The second kappa shape index (κ2) is 12.5. The van der Waals surface area contributed by atoms with Crippen LogP contribution in [0, 0.1) is 10.8 Å². The molecule has 0 aliphatic heterocycles. The first-order valence-electron chi connectivity index (χ1n) is 12.7. The molecule has 0 aliphatic carbocycles. The van der Waals surface area contributed by atoms with E-state index in [1.165, 1.54) is 16.3 Å². The quantitative estimate of drug-likeness (QED) is 0.0837. The average Bonchev–Trinajstić information content (AvgIpc) is 3.27. The van der Waals surface area contributed by atoms with Gasteiger partial charge < -0.3 is 37.3 Å². The van der Waals surface area contributed by atoms with Gasteiger partial charge in [0.25, 0.3) is 5.91 Å². The molecule has 0 spiro atoms. The molecule has 1 aromatic heterocycles. The molecule has 0 atom stereocenters. The molecular weight excluding hydrogens is 494 g/mol. The molecule has 0 fully saturated rings. The van der Waals surface area contributed by atoms with Crippen molar-refractivity contribution in [3.05, 3.63) is 78.0 Å². The van der Waals surface area contributed by atoms with Crippen LogP contribution in [0.2, 0.25) is 0 Å². The number of hydrogen-bond acceptors (Lipinski definition) is 4. The number of amides is 2. The van der Waals surface area contributed by atoms with Crippen LogP contribution in [0.5, 0.6) is 0 Å². The average molecular weight is 528 g/mol. The van der Waals surface area contributed by atoms with Crippen molar-refractivity contribution in [3.8, 4) is 0 Å². The van der Waals surface area contributed by atoms with Gasteiger partial charge in [0.15, 0.2) is 11.9 Å². The van der Waals surface area contributed by atoms with Gasteiger partial charge in [0.1, 0.15) is 5.69 Å². The lowest BCUT2D eigenvalue weighted by Gasteiger charge is -2.13. The van der Waals surface area contributed by atoms with Crippen LogP contribution in [0.3, 0.4) is 0 Å². The van der Waals surface area contributed by atoms with Gasteiger partial charge in [-0.05, 0) is 53.4 Å². The molecule has 0 saturated carbocycles. The molecule has 10 N–H and O–H groups in total. The zero-order chi connectivity index (χ0) is 27.8. The predicted octanol–water partition coefficient (Wildman–Crippen LogP) is 2.06. The van der Waals surface area contributed by atoms with E-state index in [9.17, 15) is 9.59 Å². The summed E-state index contributed by atoms with van der Waals surface area (Å²) in [5.41, 5.74) is 13.7. The van der Waals surface area contributed by atoms with E-state index in [1.54, 1.807) is 12.1 Å². The molecule has 4 rings (SSSR count). The number of carbonyl (C=O) groups excluding carboxylic acids is 2. The van der Waals surface area contributed by atoms with Gasteiger partial charge in [0.2, 0.25) is 5.91 Å². The molecule has 3 aromatic carbocycles. The van der Waals surface area contributed by atoms with Crippen molar-refractivity contribution < 1.29 is 9.59 Å². The summed E-state index contributed by atoms with van der Waals surface area (Å²) in [6.45, 7) is 1.38. The minimum atomic E-state index is -0.342. The van der Waals surface area contributed by atoms with Crippen LogP contribution < -0.4 is 32.7 Å². The van der Waals surface area contributed by atoms with Crippen LogP contribution in [0.1, 0.15) is 22.5 Å². The Balaban J connectivity index is 1.51. The fourth-order valence-electron chi connectivity index (χ4n) is 4.53. The minimum Gasteiger partial charge on any atom is -0.370 e. The van der Waals surface area contributed by atoms with E-state index < -0.39 is 0 Å². The van der Waals surface area contributed by atoms with Gasteiger partial charge in [0.05, 0.1) is 6.54 Å². The molecule has 0 saturated heterocycles. The molecule has 202 valence electrons. The van der Waals surface area contributed by atoms with Crippen LogP contribution >= 0.6 is 0 Å². The second-order valence-corrected chi connectivity index (χ2v) is 9.11. The van der Waals surface area contributed by atoms with Crippen molar-refractivity contribution in [2.24, 2.45) is 11.5 Å². The molecule has 0 unspecified atom stereocenters. The highest BCUT2D eigenvalue weighted by Crippen LogP contribution is 2.24. The number of guanidine groups is 2. The normalized spacial score (nSPS) is 10.8. The third-order valence-electron chi connectivity index (χ3n) is 6.29. The molecule has 2 amide bonds. The number of benzene rings is 3. The van der Waals surface area contributed by atoms with Crippen molar-refractivity contribution in [2.75, 3.05) is 25.0 Å². The monoisotopic (exact) mass is 527 g/mol. The molecule has 11 nitrogen and oxygen atoms in total. The SMILES string of the molecule is N=C(N)NCCCn1c(C(=O)NCCc2cccc3ccccc23)cc2cc(NC(=O)CNC(=N)N)ccc21. The molecule has 0 aliphatic rings. The van der Waals surface area contributed by atoms with Gasteiger partial charge in [-0.15, -0.1) is 0 Å². The van der Waals surface area contributed by atoms with Crippen LogP contribution in [0.4, 0.5) is 5.69 Å². The summed E-state index contributed by atoms with van der Waals surface area (Å²) >= 11 is 0. The van der Waals surface area contributed by atoms with Gasteiger partial charge in [-0.25, -0.2) is 0 Å². The molecule has 1 heterocycles. The Hall–Kier alpha value is -5.06. The number of anilines is 1. The van der Waals surface area contributed by atoms with E-state index in [4.69, 9.17) is 22.3 Å². The van der Waals surface area contributed by atoms with Crippen molar-refractivity contribution in [1.82, 2.24) is 20.5 Å². The number of aromatic nitrogens is 1. The summed E-state index contributed by atoms with van der Waals surface area (Å²) in [5, 5.41) is 28.8. The van der Waals surface area contributed by atoms with E-state index in [1.807, 2.05) is 34.9 Å². The number of hydrogen-bond donors (Lipinski definition) is 8. The lowest BCUT2D eigenvalue weighted by atomic mass is 10.0. The molecular formula is C28H33N9O2. The van der Waals surface area contributed by atoms with Crippen molar-refractivity contribution in [1.29, 1.82) is 10.8 Å². The van der Waals surface area contributed by atoms with Gasteiger partial charge in [-0.3, -0.25) is 20.4 Å². The molecule has 39 heavy (non-hydrogen) atoms. The number of aryl methyl sites for hydroxylation is 1. The van der Waals surface area contributed by atoms with Gasteiger partial charge in [-0.1, -0.05) is 42.5 Å². The maximum atomic E-state index is 13.3. The third kappa shape index (κ3) is 7.04. The van der Waals surface area contributed by atoms with Crippen molar-refractivity contribution in [2.45, 2.75) is 19.4 Å². The number of nitrogens with one attached hydrogen (secondary N) is 6. The Morgan fingerprint density at radius 2 is 1.59 bits per heavy atom. The number of nitrogens with two attached hydrogens (primary N) is 2. The topological polar surface area (TPSA) is 187 Å². The van der Waals surface area contributed by atoms with Crippen LogP contribution in [0.15, 0.2) is 66.7 Å². The zero-order valence-electron chi connectivity index (χ0n) is 21.5. The Morgan fingerprint density at radius 3 is 2.38 bits per heavy atom. The molecule has 0 radical (unpaired) electrons. The summed E-state index contributed by atoms with van der Waals surface area (Å²) in [5.74, 6) is -0.917. The van der Waals surface area contributed by atoms with E-state index in [0.717, 1.165) is 10.9 Å².